The summed E-state index contributed by atoms with van der Waals surface area (Å²) < 4.78 is 17.0. The largest absolute Gasteiger partial charge is 0.494 e. The van der Waals surface area contributed by atoms with Crippen molar-refractivity contribution in [2.45, 2.75) is 13.3 Å². The first-order valence-electron chi connectivity index (χ1n) is 10.4. The maximum Gasteiger partial charge on any atom is 0.261 e. The predicted octanol–water partition coefficient (Wildman–Crippen LogP) is 5.06. The van der Waals surface area contributed by atoms with Crippen LogP contribution in [-0.2, 0) is 0 Å². The van der Waals surface area contributed by atoms with Crippen LogP contribution in [0.2, 0.25) is 0 Å². The summed E-state index contributed by atoms with van der Waals surface area (Å²) in [5.41, 5.74) is 1.11. The van der Waals surface area contributed by atoms with Crippen LogP contribution in [0.3, 0.4) is 0 Å². The molecule has 0 radical (unpaired) electrons. The summed E-state index contributed by atoms with van der Waals surface area (Å²) >= 11 is 5.30. The zero-order valence-corrected chi connectivity index (χ0v) is 18.7. The Balaban J connectivity index is 1.53. The van der Waals surface area contributed by atoms with Crippen molar-refractivity contribution < 1.29 is 19.0 Å². The highest BCUT2D eigenvalue weighted by atomic mass is 32.1. The molecule has 0 spiro atoms. The first kappa shape index (κ1) is 23.1. The van der Waals surface area contributed by atoms with E-state index in [2.05, 4.69) is 10.6 Å². The van der Waals surface area contributed by atoms with E-state index in [1.165, 1.54) is 0 Å². The SMILES string of the molecule is CCCOc1cccc(NC(=S)NC(=O)c2ccccc2OCCOc2ccccc2)c1. The van der Waals surface area contributed by atoms with Gasteiger partial charge in [0.2, 0.25) is 0 Å². The van der Waals surface area contributed by atoms with Crippen molar-refractivity contribution in [1.82, 2.24) is 5.32 Å². The van der Waals surface area contributed by atoms with Gasteiger partial charge in [0.05, 0.1) is 12.2 Å². The number of nitrogens with one attached hydrogen (secondary N) is 2. The second kappa shape index (κ2) is 12.3. The lowest BCUT2D eigenvalue weighted by Gasteiger charge is -2.14. The van der Waals surface area contributed by atoms with E-state index in [4.69, 9.17) is 26.4 Å². The Bertz CT molecular complexity index is 1030. The quantitative estimate of drug-likeness (QED) is 0.332. The van der Waals surface area contributed by atoms with Gasteiger partial charge in [-0.05, 0) is 55.0 Å². The third-order valence-corrected chi connectivity index (χ3v) is 4.48. The number of benzene rings is 3. The maximum absolute atomic E-state index is 12.8. The summed E-state index contributed by atoms with van der Waals surface area (Å²) in [6.07, 6.45) is 0.923. The Hall–Kier alpha value is -3.58. The minimum Gasteiger partial charge on any atom is -0.494 e. The summed E-state index contributed by atoms with van der Waals surface area (Å²) in [6, 6.07) is 23.9. The normalized spacial score (nSPS) is 10.2. The molecule has 6 nitrogen and oxygen atoms in total. The van der Waals surface area contributed by atoms with Crippen LogP contribution in [0.4, 0.5) is 5.69 Å². The molecule has 2 N–H and O–H groups in total. The number of amides is 1. The average molecular weight is 451 g/mol. The van der Waals surface area contributed by atoms with E-state index in [0.29, 0.717) is 31.1 Å². The van der Waals surface area contributed by atoms with E-state index < -0.39 is 0 Å². The molecule has 0 heterocycles. The van der Waals surface area contributed by atoms with Crippen LogP contribution in [0.5, 0.6) is 17.2 Å². The molecule has 0 saturated heterocycles. The average Bonchev–Trinajstić information content (AvgIpc) is 2.81. The van der Waals surface area contributed by atoms with Gasteiger partial charge in [0.15, 0.2) is 5.11 Å². The summed E-state index contributed by atoms with van der Waals surface area (Å²) in [7, 11) is 0. The van der Waals surface area contributed by atoms with Crippen LogP contribution in [0.25, 0.3) is 0 Å². The Labute approximate surface area is 193 Å². The van der Waals surface area contributed by atoms with Gasteiger partial charge < -0.3 is 19.5 Å². The highest BCUT2D eigenvalue weighted by Crippen LogP contribution is 2.19. The number of para-hydroxylation sites is 2. The van der Waals surface area contributed by atoms with Gasteiger partial charge in [-0.15, -0.1) is 0 Å². The van der Waals surface area contributed by atoms with Crippen molar-refractivity contribution in [2.75, 3.05) is 25.1 Å². The van der Waals surface area contributed by atoms with Crippen LogP contribution >= 0.6 is 12.2 Å². The number of ether oxygens (including phenoxy) is 3. The molecule has 0 aliphatic rings. The fourth-order valence-electron chi connectivity index (χ4n) is 2.82. The van der Waals surface area contributed by atoms with E-state index in [1.54, 1.807) is 18.2 Å². The molecule has 0 aromatic heterocycles. The van der Waals surface area contributed by atoms with Crippen molar-refractivity contribution in [1.29, 1.82) is 0 Å². The lowest BCUT2D eigenvalue weighted by atomic mass is 10.2. The number of carbonyl (C=O) groups is 1. The standard InChI is InChI=1S/C25H26N2O4S/c1-2-15-29-21-12-8-9-19(18-21)26-25(32)27-24(28)22-13-6-7-14-23(22)31-17-16-30-20-10-4-3-5-11-20/h3-14,18H,2,15-17H2,1H3,(H2,26,27,28,32). The Morgan fingerprint density at radius 2 is 1.50 bits per heavy atom. The lowest BCUT2D eigenvalue weighted by molar-refractivity contribution is 0.0972. The van der Waals surface area contributed by atoms with E-state index >= 15 is 0 Å². The van der Waals surface area contributed by atoms with Crippen LogP contribution in [0, 0.1) is 0 Å². The molecule has 0 bridgehead atoms. The molecule has 0 fully saturated rings. The topological polar surface area (TPSA) is 68.8 Å². The second-order valence-corrected chi connectivity index (χ2v) is 7.20. The number of rotatable bonds is 10. The Morgan fingerprint density at radius 3 is 2.31 bits per heavy atom. The predicted molar refractivity (Wildman–Crippen MR) is 130 cm³/mol. The highest BCUT2D eigenvalue weighted by Gasteiger charge is 2.14. The van der Waals surface area contributed by atoms with Crippen LogP contribution in [0.1, 0.15) is 23.7 Å². The number of anilines is 1. The van der Waals surface area contributed by atoms with E-state index in [-0.39, 0.29) is 11.0 Å². The number of carbonyl (C=O) groups excluding carboxylic acids is 1. The van der Waals surface area contributed by atoms with Crippen molar-refractivity contribution in [2.24, 2.45) is 0 Å². The lowest BCUT2D eigenvalue weighted by Crippen LogP contribution is -2.34. The van der Waals surface area contributed by atoms with Crippen molar-refractivity contribution >= 4 is 28.9 Å². The van der Waals surface area contributed by atoms with Crippen LogP contribution in [0.15, 0.2) is 78.9 Å². The molecule has 166 valence electrons. The van der Waals surface area contributed by atoms with E-state index in [9.17, 15) is 4.79 Å². The molecule has 1 amide bonds. The monoisotopic (exact) mass is 450 g/mol. The van der Waals surface area contributed by atoms with Gasteiger partial charge in [0, 0.05) is 11.8 Å². The third-order valence-electron chi connectivity index (χ3n) is 4.28. The minimum atomic E-state index is -0.361. The first-order chi connectivity index (χ1) is 15.7. The molecule has 0 atom stereocenters. The molecule has 0 aliphatic carbocycles. The summed E-state index contributed by atoms with van der Waals surface area (Å²) in [6.45, 7) is 3.34. The molecular weight excluding hydrogens is 424 g/mol. The van der Waals surface area contributed by atoms with Gasteiger partial charge in [-0.25, -0.2) is 0 Å². The molecule has 0 saturated carbocycles. The summed E-state index contributed by atoms with van der Waals surface area (Å²) in [5, 5.41) is 5.89. The number of hydrogen-bond acceptors (Lipinski definition) is 5. The van der Waals surface area contributed by atoms with E-state index in [0.717, 1.165) is 23.6 Å². The van der Waals surface area contributed by atoms with Crippen molar-refractivity contribution in [3.63, 3.8) is 0 Å². The second-order valence-electron chi connectivity index (χ2n) is 6.79. The molecule has 7 heteroatoms. The van der Waals surface area contributed by atoms with Gasteiger partial charge in [-0.1, -0.05) is 43.3 Å². The zero-order chi connectivity index (χ0) is 22.6. The van der Waals surface area contributed by atoms with Gasteiger partial charge in [0.25, 0.3) is 5.91 Å². The van der Waals surface area contributed by atoms with Crippen molar-refractivity contribution in [3.8, 4) is 17.2 Å². The maximum atomic E-state index is 12.8. The minimum absolute atomic E-state index is 0.185. The Morgan fingerprint density at radius 1 is 0.812 bits per heavy atom. The van der Waals surface area contributed by atoms with Crippen LogP contribution in [-0.4, -0.2) is 30.8 Å². The highest BCUT2D eigenvalue weighted by molar-refractivity contribution is 7.80. The van der Waals surface area contributed by atoms with Crippen LogP contribution < -0.4 is 24.8 Å². The molecular formula is C25H26N2O4S. The van der Waals surface area contributed by atoms with Gasteiger partial charge in [0.1, 0.15) is 30.5 Å². The Kier molecular flexibility index (Phi) is 8.89. The molecule has 0 unspecified atom stereocenters. The fraction of sp³-hybridized carbons (Fsp3) is 0.200. The number of thiocarbonyl (C=S) groups is 1. The van der Waals surface area contributed by atoms with Gasteiger partial charge in [-0.2, -0.15) is 0 Å². The summed E-state index contributed by atoms with van der Waals surface area (Å²) in [5.74, 6) is 1.60. The van der Waals surface area contributed by atoms with Gasteiger partial charge >= 0.3 is 0 Å². The zero-order valence-electron chi connectivity index (χ0n) is 17.9. The molecule has 3 aromatic carbocycles. The smallest absolute Gasteiger partial charge is 0.261 e. The molecule has 0 aliphatic heterocycles. The number of hydrogen-bond donors (Lipinski definition) is 2. The first-order valence-corrected chi connectivity index (χ1v) is 10.8. The molecule has 3 aromatic rings. The fourth-order valence-corrected chi connectivity index (χ4v) is 3.03. The van der Waals surface area contributed by atoms with Crippen molar-refractivity contribution in [3.05, 3.63) is 84.4 Å². The molecule has 3 rings (SSSR count). The summed E-state index contributed by atoms with van der Waals surface area (Å²) in [4.78, 5) is 12.8. The molecule has 32 heavy (non-hydrogen) atoms. The third kappa shape index (κ3) is 7.28. The van der Waals surface area contributed by atoms with Gasteiger partial charge in [-0.3, -0.25) is 10.1 Å². The van der Waals surface area contributed by atoms with E-state index in [1.807, 2.05) is 67.6 Å².